The first-order chi connectivity index (χ1) is 17.9. The van der Waals surface area contributed by atoms with E-state index in [0.29, 0.717) is 29.7 Å². The number of benzene rings is 2. The summed E-state index contributed by atoms with van der Waals surface area (Å²) in [7, 11) is -2.87. The Kier molecular flexibility index (Phi) is 7.63. The van der Waals surface area contributed by atoms with Crippen LogP contribution >= 0.6 is 15.9 Å². The number of thiol groups is 1. The van der Waals surface area contributed by atoms with Crippen LogP contribution in [0.15, 0.2) is 65.7 Å². The summed E-state index contributed by atoms with van der Waals surface area (Å²) in [4.78, 5) is 22.2. The van der Waals surface area contributed by atoms with E-state index in [1.54, 1.807) is 12.3 Å². The van der Waals surface area contributed by atoms with Crippen molar-refractivity contribution in [3.05, 3.63) is 88.2 Å². The molecule has 2 atom stereocenters. The van der Waals surface area contributed by atoms with E-state index in [1.165, 1.54) is 24.7 Å². The summed E-state index contributed by atoms with van der Waals surface area (Å²) in [6, 6.07) is 12.3. The molecule has 0 radical (unpaired) electrons. The van der Waals surface area contributed by atoms with Crippen molar-refractivity contribution in [3.63, 3.8) is 0 Å². The fourth-order valence-corrected chi connectivity index (χ4v) is 5.67. The maximum Gasteiger partial charge on any atom is 0.257 e. The smallest absolute Gasteiger partial charge is 0.257 e. The zero-order valence-electron chi connectivity index (χ0n) is 19.6. The van der Waals surface area contributed by atoms with Crippen LogP contribution in [0.3, 0.4) is 0 Å². The number of ketones is 1. The molecule has 0 saturated heterocycles. The van der Waals surface area contributed by atoms with Crippen molar-refractivity contribution in [2.24, 2.45) is 5.92 Å². The van der Waals surface area contributed by atoms with E-state index >= 15 is 0 Å². The van der Waals surface area contributed by atoms with Crippen molar-refractivity contribution in [3.8, 4) is 0 Å². The van der Waals surface area contributed by atoms with Gasteiger partial charge in [0.2, 0.25) is 0 Å². The van der Waals surface area contributed by atoms with Crippen LogP contribution in [-0.2, 0) is 21.7 Å². The second-order valence-electron chi connectivity index (χ2n) is 9.12. The number of halogens is 2. The molecule has 37 heavy (non-hydrogen) atoms. The van der Waals surface area contributed by atoms with Gasteiger partial charge in [-0.15, -0.1) is 0 Å². The van der Waals surface area contributed by atoms with Crippen LogP contribution in [0.25, 0.3) is 10.9 Å². The van der Waals surface area contributed by atoms with Gasteiger partial charge in [-0.2, -0.15) is 0 Å². The average molecular weight is 587 g/mol. The zero-order chi connectivity index (χ0) is 25.9. The summed E-state index contributed by atoms with van der Waals surface area (Å²) in [5.41, 5.74) is 2.42. The van der Waals surface area contributed by atoms with Gasteiger partial charge >= 0.3 is 0 Å². The van der Waals surface area contributed by atoms with Crippen molar-refractivity contribution in [2.75, 3.05) is 11.9 Å². The van der Waals surface area contributed by atoms with Crippen LogP contribution in [0.5, 0.6) is 0 Å². The number of hydrogen-bond donors (Lipinski definition) is 2. The maximum absolute atomic E-state index is 14.3. The summed E-state index contributed by atoms with van der Waals surface area (Å²) in [5, 5.41) is 3.84. The van der Waals surface area contributed by atoms with Gasteiger partial charge in [-0.1, -0.05) is 28.1 Å². The molecule has 2 aromatic carbocycles. The number of nitrogens with one attached hydrogen (secondary N) is 1. The first kappa shape index (κ1) is 25.5. The third-order valence-electron chi connectivity index (χ3n) is 6.58. The van der Waals surface area contributed by atoms with Crippen LogP contribution in [-0.4, -0.2) is 41.4 Å². The molecule has 0 amide bonds. The molecule has 0 unspecified atom stereocenters. The van der Waals surface area contributed by atoms with Crippen LogP contribution < -0.4 is 5.32 Å². The van der Waals surface area contributed by atoms with Crippen molar-refractivity contribution in [1.82, 2.24) is 14.5 Å². The number of carbonyl (C=O) groups excluding carboxylic acids is 1. The quantitative estimate of drug-likeness (QED) is 0.216. The Morgan fingerprint density at radius 1 is 1.19 bits per heavy atom. The number of anilines is 1. The number of nitrogens with zero attached hydrogens (tertiary/aromatic N) is 3. The van der Waals surface area contributed by atoms with Crippen molar-refractivity contribution < 1.29 is 21.8 Å². The van der Waals surface area contributed by atoms with Crippen LogP contribution in [0.1, 0.15) is 40.7 Å². The number of rotatable bonds is 9. The molecule has 0 bridgehead atoms. The topological polar surface area (TPSA) is 103 Å². The molecule has 8 nitrogen and oxygen atoms in total. The highest BCUT2D eigenvalue weighted by molar-refractivity contribution is 9.10. The maximum atomic E-state index is 14.3. The Balaban J connectivity index is 1.43. The minimum atomic E-state index is -2.87. The average Bonchev–Trinajstić information content (AvgIpc) is 3.47. The number of aromatic nitrogens is 3. The molecule has 5 rings (SSSR count). The minimum absolute atomic E-state index is 0.00916. The van der Waals surface area contributed by atoms with E-state index in [0.717, 1.165) is 28.4 Å². The van der Waals surface area contributed by atoms with Crippen molar-refractivity contribution in [2.45, 2.75) is 31.8 Å². The molecule has 1 aliphatic rings. The SMILES string of the molecule is O=C(c1cncnc1N[C@H]1CC[C@@H](CO[SH](=O)=O)C1)c1cn(Cc2cccc(Br)c2)c2ccc(F)cc12. The molecule has 1 fully saturated rings. The van der Waals surface area contributed by atoms with Crippen LogP contribution in [0.2, 0.25) is 0 Å². The monoisotopic (exact) mass is 586 g/mol. The van der Waals surface area contributed by atoms with Gasteiger partial charge < -0.3 is 9.88 Å². The van der Waals surface area contributed by atoms with E-state index in [-0.39, 0.29) is 29.9 Å². The Bertz CT molecular complexity index is 1530. The summed E-state index contributed by atoms with van der Waals surface area (Å²) < 4.78 is 43.4. The molecule has 1 saturated carbocycles. The zero-order valence-corrected chi connectivity index (χ0v) is 22.1. The highest BCUT2D eigenvalue weighted by atomic mass is 79.9. The fourth-order valence-electron chi connectivity index (χ4n) is 4.89. The highest BCUT2D eigenvalue weighted by Gasteiger charge is 2.27. The predicted octanol–water partition coefficient (Wildman–Crippen LogP) is 4.74. The predicted molar refractivity (Wildman–Crippen MR) is 142 cm³/mol. The Morgan fingerprint density at radius 3 is 2.86 bits per heavy atom. The number of carbonyl (C=O) groups is 1. The van der Waals surface area contributed by atoms with Crippen LogP contribution in [0, 0.1) is 11.7 Å². The van der Waals surface area contributed by atoms with E-state index in [1.807, 2.05) is 28.8 Å². The Hall–Kier alpha value is -3.15. The molecule has 192 valence electrons. The third-order valence-corrected chi connectivity index (χ3v) is 7.44. The van der Waals surface area contributed by atoms with Crippen molar-refractivity contribution >= 4 is 49.4 Å². The molecule has 1 N–H and O–H groups in total. The molecule has 4 aromatic rings. The lowest BCUT2D eigenvalue weighted by Gasteiger charge is -2.15. The summed E-state index contributed by atoms with van der Waals surface area (Å²) in [6.45, 7) is 0.654. The molecule has 2 aromatic heterocycles. The van der Waals surface area contributed by atoms with E-state index in [2.05, 4.69) is 31.2 Å². The largest absolute Gasteiger partial charge is 0.367 e. The lowest BCUT2D eigenvalue weighted by Crippen LogP contribution is -2.20. The normalized spacial score (nSPS) is 17.5. The summed E-state index contributed by atoms with van der Waals surface area (Å²) in [6.07, 6.45) is 6.87. The summed E-state index contributed by atoms with van der Waals surface area (Å²) >= 11 is 3.49. The van der Waals surface area contributed by atoms with Gasteiger partial charge in [0, 0.05) is 45.9 Å². The molecule has 0 spiro atoms. The first-order valence-corrected chi connectivity index (χ1v) is 13.7. The lowest BCUT2D eigenvalue weighted by molar-refractivity contribution is 0.104. The van der Waals surface area contributed by atoms with Gasteiger partial charge in [0.1, 0.15) is 18.0 Å². The Morgan fingerprint density at radius 2 is 2.05 bits per heavy atom. The van der Waals surface area contributed by atoms with Crippen LogP contribution in [0.4, 0.5) is 10.2 Å². The number of fused-ring (bicyclic) bond motifs is 1. The number of hydrogen-bond acceptors (Lipinski definition) is 7. The summed E-state index contributed by atoms with van der Waals surface area (Å²) in [5.74, 6) is -0.243. The molecule has 1 aliphatic carbocycles. The molecular weight excluding hydrogens is 563 g/mol. The standard InChI is InChI=1S/C26H24BrFN4O4S/c27-18-3-1-2-16(8-18)12-32-13-23(21-10-19(28)5-7-24(21)32)25(33)22-11-29-15-30-26(22)31-20-6-4-17(9-20)14-36-37(34)35/h1-3,5,7-8,10-11,13,15,17,20,37H,4,6,9,12,14H2,(H,29,30,31)/t17-,20+/m1/s1. The third kappa shape index (κ3) is 5.89. The fraction of sp³-hybridized carbons (Fsp3) is 0.269. The van der Waals surface area contributed by atoms with Gasteiger partial charge in [-0.3, -0.25) is 8.98 Å². The van der Waals surface area contributed by atoms with Gasteiger partial charge in [0.25, 0.3) is 11.0 Å². The van der Waals surface area contributed by atoms with Gasteiger partial charge in [0.05, 0.1) is 12.2 Å². The first-order valence-electron chi connectivity index (χ1n) is 11.8. The van der Waals surface area contributed by atoms with E-state index in [9.17, 15) is 17.6 Å². The van der Waals surface area contributed by atoms with Gasteiger partial charge in [-0.25, -0.2) is 22.8 Å². The van der Waals surface area contributed by atoms with E-state index < -0.39 is 16.8 Å². The van der Waals surface area contributed by atoms with Crippen molar-refractivity contribution in [1.29, 1.82) is 0 Å². The minimum Gasteiger partial charge on any atom is -0.367 e. The van der Waals surface area contributed by atoms with E-state index in [4.69, 9.17) is 4.18 Å². The molecule has 11 heteroatoms. The molecular formula is C26H24BrFN4O4S. The Labute approximate surface area is 223 Å². The van der Waals surface area contributed by atoms with Gasteiger partial charge in [-0.05, 0) is 61.1 Å². The second-order valence-corrected chi connectivity index (χ2v) is 10.7. The highest BCUT2D eigenvalue weighted by Crippen LogP contribution is 2.31. The lowest BCUT2D eigenvalue weighted by atomic mass is 10.0. The van der Waals surface area contributed by atoms with Gasteiger partial charge in [0.15, 0.2) is 5.78 Å². The molecule has 0 aliphatic heterocycles. The molecule has 2 heterocycles. The second kappa shape index (κ2) is 11.1.